The van der Waals surface area contributed by atoms with Crippen molar-refractivity contribution >= 4 is 39.9 Å². The molecule has 0 saturated heterocycles. The molecule has 0 amide bonds. The lowest BCUT2D eigenvalue weighted by molar-refractivity contribution is 0.626. The summed E-state index contributed by atoms with van der Waals surface area (Å²) in [7, 11) is 0. The maximum atomic E-state index is 13.8. The zero-order valence-corrected chi connectivity index (χ0v) is 14.8. The Hall–Kier alpha value is -1.96. The van der Waals surface area contributed by atoms with Crippen molar-refractivity contribution in [2.24, 2.45) is 15.9 Å². The van der Waals surface area contributed by atoms with E-state index in [0.29, 0.717) is 24.6 Å². The second kappa shape index (κ2) is 6.66. The number of anilines is 1. The molecule has 0 spiro atoms. The van der Waals surface area contributed by atoms with Gasteiger partial charge in [-0.25, -0.2) is 9.38 Å². The van der Waals surface area contributed by atoms with E-state index in [1.807, 2.05) is 30.0 Å². The standard InChI is InChI=1S/C17H16FIN4/c1-2-23(14-5-3-4-13(19)10-14)17-15-9-12(18)7-6-11(15)8-16(21-17)22-20/h3-7,9-10H,2,8,20H2,1H3/b22-16+. The number of nitrogens with zero attached hydrogens (tertiary/aromatic N) is 3. The van der Waals surface area contributed by atoms with Crippen molar-refractivity contribution in [2.45, 2.75) is 13.3 Å². The van der Waals surface area contributed by atoms with Crippen molar-refractivity contribution in [1.82, 2.24) is 0 Å². The quantitative estimate of drug-likeness (QED) is 0.458. The van der Waals surface area contributed by atoms with Gasteiger partial charge < -0.3 is 10.7 Å². The fourth-order valence-corrected chi connectivity index (χ4v) is 3.21. The van der Waals surface area contributed by atoms with E-state index in [0.717, 1.165) is 20.4 Å². The number of rotatable bonds is 2. The number of fused-ring (bicyclic) bond motifs is 1. The summed E-state index contributed by atoms with van der Waals surface area (Å²) in [4.78, 5) is 6.60. The van der Waals surface area contributed by atoms with Gasteiger partial charge in [-0.3, -0.25) is 0 Å². The minimum absolute atomic E-state index is 0.275. The largest absolute Gasteiger partial charge is 0.326 e. The van der Waals surface area contributed by atoms with Crippen molar-refractivity contribution in [2.75, 3.05) is 11.4 Å². The van der Waals surface area contributed by atoms with Crippen LogP contribution in [0.1, 0.15) is 18.1 Å². The fraction of sp³-hybridized carbons (Fsp3) is 0.176. The minimum Gasteiger partial charge on any atom is -0.326 e. The third-order valence-electron chi connectivity index (χ3n) is 3.74. The fourth-order valence-electron chi connectivity index (χ4n) is 2.68. The summed E-state index contributed by atoms with van der Waals surface area (Å²) >= 11 is 2.27. The highest BCUT2D eigenvalue weighted by atomic mass is 127. The average Bonchev–Trinajstić information content (AvgIpc) is 2.55. The van der Waals surface area contributed by atoms with E-state index in [-0.39, 0.29) is 5.82 Å². The Morgan fingerprint density at radius 1 is 1.30 bits per heavy atom. The molecule has 0 saturated carbocycles. The molecule has 2 aromatic rings. The molecule has 0 aliphatic carbocycles. The van der Waals surface area contributed by atoms with Crippen LogP contribution in [0.3, 0.4) is 0 Å². The van der Waals surface area contributed by atoms with Gasteiger partial charge in [-0.2, -0.15) is 5.10 Å². The molecule has 1 heterocycles. The first-order valence-corrected chi connectivity index (χ1v) is 8.37. The summed E-state index contributed by atoms with van der Waals surface area (Å²) in [5.41, 5.74) is 2.77. The van der Waals surface area contributed by atoms with Crippen LogP contribution in [-0.2, 0) is 6.42 Å². The normalized spacial score (nSPS) is 15.3. The summed E-state index contributed by atoms with van der Waals surface area (Å²) < 4.78 is 14.9. The topological polar surface area (TPSA) is 54.0 Å². The zero-order chi connectivity index (χ0) is 16.4. The SMILES string of the molecule is CCN(C1=N/C(=N/N)Cc2ccc(F)cc21)c1cccc(I)c1. The van der Waals surface area contributed by atoms with E-state index >= 15 is 0 Å². The minimum atomic E-state index is -0.275. The summed E-state index contributed by atoms with van der Waals surface area (Å²) in [5.74, 6) is 6.39. The number of nitrogens with two attached hydrogens (primary N) is 1. The summed E-state index contributed by atoms with van der Waals surface area (Å²) in [6.45, 7) is 2.74. The molecule has 0 radical (unpaired) electrons. The first kappa shape index (κ1) is 15.9. The molecule has 0 bridgehead atoms. The Kier molecular flexibility index (Phi) is 4.61. The third kappa shape index (κ3) is 3.21. The van der Waals surface area contributed by atoms with Gasteiger partial charge in [-0.15, -0.1) is 0 Å². The number of benzene rings is 2. The molecule has 118 valence electrons. The lowest BCUT2D eigenvalue weighted by atomic mass is 9.99. The molecule has 1 aliphatic heterocycles. The average molecular weight is 422 g/mol. The lowest BCUT2D eigenvalue weighted by Crippen LogP contribution is -2.35. The molecule has 0 fully saturated rings. The van der Waals surface area contributed by atoms with Crippen LogP contribution >= 0.6 is 22.6 Å². The first-order chi connectivity index (χ1) is 11.1. The van der Waals surface area contributed by atoms with E-state index in [4.69, 9.17) is 5.84 Å². The van der Waals surface area contributed by atoms with Gasteiger partial charge in [0.05, 0.1) is 0 Å². The second-order valence-electron chi connectivity index (χ2n) is 5.18. The van der Waals surface area contributed by atoms with Crippen molar-refractivity contribution < 1.29 is 4.39 Å². The number of hydrogen-bond donors (Lipinski definition) is 1. The first-order valence-electron chi connectivity index (χ1n) is 7.29. The Balaban J connectivity index is 2.15. The van der Waals surface area contributed by atoms with E-state index in [1.54, 1.807) is 6.07 Å². The van der Waals surface area contributed by atoms with E-state index < -0.39 is 0 Å². The molecule has 2 aromatic carbocycles. The smallest absolute Gasteiger partial charge is 0.154 e. The second-order valence-corrected chi connectivity index (χ2v) is 6.43. The van der Waals surface area contributed by atoms with Gasteiger partial charge in [-0.05, 0) is 65.4 Å². The van der Waals surface area contributed by atoms with Gasteiger partial charge in [-0.1, -0.05) is 12.1 Å². The van der Waals surface area contributed by atoms with E-state index in [9.17, 15) is 4.39 Å². The number of aliphatic imine (C=N–C) groups is 1. The van der Waals surface area contributed by atoms with Gasteiger partial charge >= 0.3 is 0 Å². The highest BCUT2D eigenvalue weighted by Gasteiger charge is 2.23. The highest BCUT2D eigenvalue weighted by Crippen LogP contribution is 2.25. The number of amidine groups is 2. The maximum absolute atomic E-state index is 13.8. The van der Waals surface area contributed by atoms with Gasteiger partial charge in [0.1, 0.15) is 11.7 Å². The van der Waals surface area contributed by atoms with Crippen LogP contribution in [0.4, 0.5) is 10.1 Å². The monoisotopic (exact) mass is 422 g/mol. The molecule has 23 heavy (non-hydrogen) atoms. The van der Waals surface area contributed by atoms with Crippen molar-refractivity contribution in [3.63, 3.8) is 0 Å². The Morgan fingerprint density at radius 2 is 2.13 bits per heavy atom. The summed E-state index contributed by atoms with van der Waals surface area (Å²) in [5, 5.41) is 3.75. The van der Waals surface area contributed by atoms with Crippen molar-refractivity contribution in [3.8, 4) is 0 Å². The van der Waals surface area contributed by atoms with Gasteiger partial charge in [0.2, 0.25) is 0 Å². The molecular weight excluding hydrogens is 406 g/mol. The molecule has 0 atom stereocenters. The molecule has 2 N–H and O–H groups in total. The van der Waals surface area contributed by atoms with Crippen LogP contribution in [0, 0.1) is 9.39 Å². The zero-order valence-electron chi connectivity index (χ0n) is 12.6. The van der Waals surface area contributed by atoms with Crippen LogP contribution < -0.4 is 10.7 Å². The van der Waals surface area contributed by atoms with Crippen LogP contribution in [0.5, 0.6) is 0 Å². The van der Waals surface area contributed by atoms with E-state index in [1.165, 1.54) is 12.1 Å². The molecule has 0 unspecified atom stereocenters. The number of hydrazone groups is 1. The highest BCUT2D eigenvalue weighted by molar-refractivity contribution is 14.1. The summed E-state index contributed by atoms with van der Waals surface area (Å²) in [6.07, 6.45) is 0.513. The van der Waals surface area contributed by atoms with Crippen molar-refractivity contribution in [1.29, 1.82) is 0 Å². The Labute approximate surface area is 148 Å². The third-order valence-corrected chi connectivity index (χ3v) is 4.41. The van der Waals surface area contributed by atoms with Gasteiger partial charge in [0.25, 0.3) is 0 Å². The van der Waals surface area contributed by atoms with Crippen molar-refractivity contribution in [3.05, 3.63) is 63.0 Å². The molecular formula is C17H16FIN4. The number of halogens is 2. The maximum Gasteiger partial charge on any atom is 0.154 e. The molecule has 4 nitrogen and oxygen atoms in total. The molecule has 1 aliphatic rings. The predicted molar refractivity (Wildman–Crippen MR) is 100 cm³/mol. The van der Waals surface area contributed by atoms with Crippen LogP contribution in [0.25, 0.3) is 0 Å². The summed E-state index contributed by atoms with van der Waals surface area (Å²) in [6, 6.07) is 12.9. The Bertz CT molecular complexity index is 801. The Morgan fingerprint density at radius 3 is 2.83 bits per heavy atom. The number of hydrogen-bond acceptors (Lipinski definition) is 3. The van der Waals surface area contributed by atoms with Crippen LogP contribution in [0.15, 0.2) is 52.6 Å². The molecule has 3 rings (SSSR count). The van der Waals surface area contributed by atoms with Crippen LogP contribution in [0.2, 0.25) is 0 Å². The van der Waals surface area contributed by atoms with Crippen LogP contribution in [-0.4, -0.2) is 18.2 Å². The molecule has 0 aromatic heterocycles. The van der Waals surface area contributed by atoms with Gasteiger partial charge in [0.15, 0.2) is 5.84 Å². The predicted octanol–water partition coefficient (Wildman–Crippen LogP) is 3.53. The van der Waals surface area contributed by atoms with Gasteiger partial charge in [0, 0.05) is 27.8 Å². The lowest BCUT2D eigenvalue weighted by Gasteiger charge is -2.29. The molecule has 6 heteroatoms. The van der Waals surface area contributed by atoms with E-state index in [2.05, 4.69) is 38.8 Å².